The fourth-order valence-corrected chi connectivity index (χ4v) is 3.86. The molecule has 4 N–H and O–H groups in total. The Morgan fingerprint density at radius 3 is 2.72 bits per heavy atom. The number of aliphatic hydroxyl groups is 1. The molecule has 1 atom stereocenters. The molecule has 1 unspecified atom stereocenters. The van der Waals surface area contributed by atoms with Crippen molar-refractivity contribution in [2.24, 2.45) is 0 Å². The van der Waals surface area contributed by atoms with Gasteiger partial charge in [0.15, 0.2) is 0 Å². The third-order valence-corrected chi connectivity index (χ3v) is 5.05. The summed E-state index contributed by atoms with van der Waals surface area (Å²) in [4.78, 5) is 0.110. The number of nitrogens with two attached hydrogens (primary N) is 1. The lowest BCUT2D eigenvalue weighted by Gasteiger charge is -2.16. The van der Waals surface area contributed by atoms with Gasteiger partial charge in [-0.2, -0.15) is 0 Å². The number of hydrogen-bond donors (Lipinski definition) is 3. The third kappa shape index (κ3) is 3.94. The number of sulfonamides is 1. The molecule has 0 aliphatic rings. The molecule has 0 saturated carbocycles. The Hall–Kier alpha value is -0.630. The van der Waals surface area contributed by atoms with Gasteiger partial charge in [0.1, 0.15) is 0 Å². The highest BCUT2D eigenvalue weighted by Crippen LogP contribution is 2.24. The Kier molecular flexibility index (Phi) is 5.58. The summed E-state index contributed by atoms with van der Waals surface area (Å²) in [5.41, 5.74) is 5.98. The molecule has 1 aromatic carbocycles. The Morgan fingerprint density at radius 2 is 2.17 bits per heavy atom. The first-order valence-corrected chi connectivity index (χ1v) is 7.86. The van der Waals surface area contributed by atoms with E-state index in [0.29, 0.717) is 23.0 Å². The van der Waals surface area contributed by atoms with Gasteiger partial charge in [0.25, 0.3) is 0 Å². The Labute approximate surface area is 116 Å². The van der Waals surface area contributed by atoms with Crippen molar-refractivity contribution in [2.45, 2.75) is 30.7 Å². The van der Waals surface area contributed by atoms with Crippen LogP contribution in [0.15, 0.2) is 27.6 Å². The van der Waals surface area contributed by atoms with Gasteiger partial charge in [-0.3, -0.25) is 0 Å². The first-order chi connectivity index (χ1) is 8.40. The zero-order valence-electron chi connectivity index (χ0n) is 10.1. The Bertz CT molecular complexity index is 505. The van der Waals surface area contributed by atoms with Crippen LogP contribution in [-0.4, -0.2) is 26.2 Å². The van der Waals surface area contributed by atoms with Gasteiger partial charge in [-0.25, -0.2) is 13.1 Å². The van der Waals surface area contributed by atoms with Crippen molar-refractivity contribution >= 4 is 31.6 Å². The van der Waals surface area contributed by atoms with E-state index < -0.39 is 10.0 Å². The van der Waals surface area contributed by atoms with E-state index in [0.717, 1.165) is 0 Å². The SMILES string of the molecule is CCC(CCO)NS(=O)(=O)c1cc(N)ccc1Br. The van der Waals surface area contributed by atoms with Crippen LogP contribution in [0, 0.1) is 0 Å². The standard InChI is InChI=1S/C11H17BrN2O3S/c1-2-9(5-6-15)14-18(16,17)11-7-8(13)3-4-10(11)12/h3-4,7,9,14-15H,2,5-6,13H2,1H3. The van der Waals surface area contributed by atoms with E-state index in [4.69, 9.17) is 10.8 Å². The summed E-state index contributed by atoms with van der Waals surface area (Å²) >= 11 is 3.19. The fourth-order valence-electron chi connectivity index (χ4n) is 1.51. The maximum atomic E-state index is 12.2. The van der Waals surface area contributed by atoms with Crippen LogP contribution in [-0.2, 0) is 10.0 Å². The lowest BCUT2D eigenvalue weighted by Crippen LogP contribution is -2.35. The molecule has 0 radical (unpaired) electrons. The molecule has 0 spiro atoms. The van der Waals surface area contributed by atoms with Crippen LogP contribution in [0.1, 0.15) is 19.8 Å². The van der Waals surface area contributed by atoms with Crippen LogP contribution in [0.4, 0.5) is 5.69 Å². The largest absolute Gasteiger partial charge is 0.399 e. The maximum absolute atomic E-state index is 12.2. The minimum absolute atomic E-state index is 0.0564. The van der Waals surface area contributed by atoms with Gasteiger partial charge in [-0.15, -0.1) is 0 Å². The van der Waals surface area contributed by atoms with Gasteiger partial charge in [0, 0.05) is 22.8 Å². The molecule has 1 aromatic rings. The minimum atomic E-state index is -3.63. The van der Waals surface area contributed by atoms with Crippen LogP contribution in [0.3, 0.4) is 0 Å². The number of hydrogen-bond acceptors (Lipinski definition) is 4. The second kappa shape index (κ2) is 6.51. The molecule has 0 bridgehead atoms. The van der Waals surface area contributed by atoms with Gasteiger partial charge < -0.3 is 10.8 Å². The molecular formula is C11H17BrN2O3S. The minimum Gasteiger partial charge on any atom is -0.399 e. The summed E-state index contributed by atoms with van der Waals surface area (Å²) < 4.78 is 27.4. The van der Waals surface area contributed by atoms with Crippen molar-refractivity contribution in [3.05, 3.63) is 22.7 Å². The number of anilines is 1. The van der Waals surface area contributed by atoms with E-state index in [1.54, 1.807) is 12.1 Å². The molecule has 0 aliphatic heterocycles. The molecule has 0 fully saturated rings. The summed E-state index contributed by atoms with van der Waals surface area (Å²) in [6.45, 7) is 1.80. The van der Waals surface area contributed by atoms with Gasteiger partial charge in [0.2, 0.25) is 10.0 Å². The number of nitrogens with one attached hydrogen (secondary N) is 1. The molecule has 0 saturated heterocycles. The Balaban J connectivity index is 3.02. The Morgan fingerprint density at radius 1 is 1.50 bits per heavy atom. The van der Waals surface area contributed by atoms with Crippen molar-refractivity contribution in [3.8, 4) is 0 Å². The van der Waals surface area contributed by atoms with Crippen LogP contribution in [0.25, 0.3) is 0 Å². The van der Waals surface area contributed by atoms with E-state index in [-0.39, 0.29) is 17.5 Å². The summed E-state index contributed by atoms with van der Waals surface area (Å²) in [6.07, 6.45) is 0.995. The molecule has 18 heavy (non-hydrogen) atoms. The zero-order valence-corrected chi connectivity index (χ0v) is 12.5. The molecule has 0 heterocycles. The highest BCUT2D eigenvalue weighted by atomic mass is 79.9. The first kappa shape index (κ1) is 15.4. The van der Waals surface area contributed by atoms with Crippen molar-refractivity contribution in [2.75, 3.05) is 12.3 Å². The smallest absolute Gasteiger partial charge is 0.242 e. The highest BCUT2D eigenvalue weighted by molar-refractivity contribution is 9.10. The van der Waals surface area contributed by atoms with Gasteiger partial charge in [-0.1, -0.05) is 6.92 Å². The summed E-state index contributed by atoms with van der Waals surface area (Å²) in [5, 5.41) is 8.87. The molecule has 0 amide bonds. The third-order valence-electron chi connectivity index (χ3n) is 2.54. The summed E-state index contributed by atoms with van der Waals surface area (Å²) in [7, 11) is -3.63. The van der Waals surface area contributed by atoms with Crippen LogP contribution < -0.4 is 10.5 Å². The zero-order chi connectivity index (χ0) is 13.8. The van der Waals surface area contributed by atoms with Crippen LogP contribution in [0.5, 0.6) is 0 Å². The monoisotopic (exact) mass is 336 g/mol. The van der Waals surface area contributed by atoms with E-state index in [2.05, 4.69) is 20.7 Å². The molecular weight excluding hydrogens is 320 g/mol. The molecule has 0 aromatic heterocycles. The summed E-state index contributed by atoms with van der Waals surface area (Å²) in [5.74, 6) is 0. The maximum Gasteiger partial charge on any atom is 0.242 e. The molecule has 5 nitrogen and oxygen atoms in total. The van der Waals surface area contributed by atoms with Gasteiger partial charge in [-0.05, 0) is 47.0 Å². The van der Waals surface area contributed by atoms with E-state index in [9.17, 15) is 8.42 Å². The quantitative estimate of drug-likeness (QED) is 0.686. The lowest BCUT2D eigenvalue weighted by molar-refractivity contribution is 0.270. The normalized spacial score (nSPS) is 13.5. The average molecular weight is 337 g/mol. The number of aliphatic hydroxyl groups excluding tert-OH is 1. The predicted molar refractivity (Wildman–Crippen MR) is 74.7 cm³/mol. The molecule has 1 rings (SSSR count). The average Bonchev–Trinajstić information content (AvgIpc) is 2.31. The van der Waals surface area contributed by atoms with Gasteiger partial charge in [0.05, 0.1) is 4.90 Å². The summed E-state index contributed by atoms with van der Waals surface area (Å²) in [6, 6.07) is 4.33. The van der Waals surface area contributed by atoms with Gasteiger partial charge >= 0.3 is 0 Å². The predicted octanol–water partition coefficient (Wildman–Crippen LogP) is 1.47. The first-order valence-electron chi connectivity index (χ1n) is 5.59. The van der Waals surface area contributed by atoms with Crippen molar-refractivity contribution < 1.29 is 13.5 Å². The van der Waals surface area contributed by atoms with Crippen molar-refractivity contribution in [1.82, 2.24) is 4.72 Å². The van der Waals surface area contributed by atoms with E-state index >= 15 is 0 Å². The second-order valence-electron chi connectivity index (χ2n) is 3.93. The second-order valence-corrected chi connectivity index (χ2v) is 6.47. The van der Waals surface area contributed by atoms with E-state index in [1.807, 2.05) is 6.92 Å². The van der Waals surface area contributed by atoms with Crippen molar-refractivity contribution in [1.29, 1.82) is 0 Å². The number of rotatable bonds is 6. The van der Waals surface area contributed by atoms with Crippen LogP contribution in [0.2, 0.25) is 0 Å². The topological polar surface area (TPSA) is 92.4 Å². The fraction of sp³-hybridized carbons (Fsp3) is 0.455. The van der Waals surface area contributed by atoms with Crippen LogP contribution >= 0.6 is 15.9 Å². The number of benzene rings is 1. The van der Waals surface area contributed by atoms with Crippen molar-refractivity contribution in [3.63, 3.8) is 0 Å². The van der Waals surface area contributed by atoms with E-state index in [1.165, 1.54) is 6.07 Å². The molecule has 102 valence electrons. The lowest BCUT2D eigenvalue weighted by atomic mass is 10.2. The number of halogens is 1. The molecule has 7 heteroatoms. The molecule has 0 aliphatic carbocycles. The highest BCUT2D eigenvalue weighted by Gasteiger charge is 2.21. The number of nitrogen functional groups attached to an aromatic ring is 1.